The van der Waals surface area contributed by atoms with Crippen LogP contribution in [0, 0.1) is 0 Å². The quantitative estimate of drug-likeness (QED) is 0.644. The molecule has 2 rings (SSSR count). The number of benzene rings is 2. The fourth-order valence-corrected chi connectivity index (χ4v) is 1.75. The second-order valence-electron chi connectivity index (χ2n) is 3.48. The van der Waals surface area contributed by atoms with Crippen molar-refractivity contribution in [2.45, 2.75) is 6.42 Å². The summed E-state index contributed by atoms with van der Waals surface area (Å²) >= 11 is 0. The van der Waals surface area contributed by atoms with Crippen LogP contribution < -0.4 is 56.5 Å². The summed E-state index contributed by atoms with van der Waals surface area (Å²) in [5.74, 6) is 0. The van der Waals surface area contributed by atoms with E-state index in [0.717, 1.165) is 5.56 Å². The Hall–Kier alpha value is 0.0364. The van der Waals surface area contributed by atoms with E-state index in [4.69, 9.17) is 0 Å². The third-order valence-corrected chi connectivity index (χ3v) is 2.47. The Balaban J connectivity index is 0.00000128. The number of rotatable bonds is 3. The molecule has 0 saturated heterocycles. The molecule has 0 saturated carbocycles. The minimum absolute atomic E-state index is 0. The van der Waals surface area contributed by atoms with Gasteiger partial charge in [0.05, 0.1) is 0 Å². The van der Waals surface area contributed by atoms with Crippen LogP contribution in [0.25, 0.3) is 11.1 Å². The summed E-state index contributed by atoms with van der Waals surface area (Å²) in [6, 6.07) is 18.3. The molecule has 0 spiro atoms. The third kappa shape index (κ3) is 3.52. The largest absolute Gasteiger partial charge is 1.00 e. The van der Waals surface area contributed by atoms with Gasteiger partial charge < -0.3 is 5.11 Å². The van der Waals surface area contributed by atoms with E-state index in [1.54, 1.807) is 0 Å². The molecule has 0 atom stereocenters. The van der Waals surface area contributed by atoms with Crippen LogP contribution in [-0.2, 0) is 6.42 Å². The average molecular weight is 236 g/mol. The molecule has 0 heterocycles. The zero-order chi connectivity index (χ0) is 10.5. The molecular weight excluding hydrogens is 223 g/mol. The van der Waals surface area contributed by atoms with E-state index in [-0.39, 0.29) is 58.0 Å². The molecule has 0 aliphatic carbocycles. The predicted molar refractivity (Wildman–Crippen MR) is 60.4 cm³/mol. The standard InChI is InChI=1S/C14H13O.K/c15-11-10-13-8-4-5-9-14(13)12-6-2-1-3-7-12;/h1-9H,10-11H2;/q-1;+1. The molecule has 1 nitrogen and oxygen atoms in total. The molecule has 2 aromatic rings. The first-order valence-corrected chi connectivity index (χ1v) is 5.13. The molecule has 0 bridgehead atoms. The molecule has 16 heavy (non-hydrogen) atoms. The van der Waals surface area contributed by atoms with Crippen LogP contribution in [0.3, 0.4) is 0 Å². The van der Waals surface area contributed by atoms with Crippen molar-refractivity contribution < 1.29 is 56.5 Å². The van der Waals surface area contributed by atoms with E-state index in [9.17, 15) is 5.11 Å². The van der Waals surface area contributed by atoms with Gasteiger partial charge in [0.25, 0.3) is 0 Å². The van der Waals surface area contributed by atoms with Crippen LogP contribution in [0.15, 0.2) is 54.6 Å². The van der Waals surface area contributed by atoms with Gasteiger partial charge in [-0.25, -0.2) is 0 Å². The van der Waals surface area contributed by atoms with Crippen molar-refractivity contribution >= 4 is 0 Å². The van der Waals surface area contributed by atoms with Crippen LogP contribution in [0.2, 0.25) is 0 Å². The Kier molecular flexibility index (Phi) is 6.50. The van der Waals surface area contributed by atoms with Crippen molar-refractivity contribution in [2.24, 2.45) is 0 Å². The summed E-state index contributed by atoms with van der Waals surface area (Å²) in [4.78, 5) is 0. The molecule has 0 aliphatic rings. The summed E-state index contributed by atoms with van der Waals surface area (Å²) in [5, 5.41) is 10.7. The molecule has 0 radical (unpaired) electrons. The first kappa shape index (κ1) is 14.1. The summed E-state index contributed by atoms with van der Waals surface area (Å²) in [6.45, 7) is -0.0517. The van der Waals surface area contributed by atoms with Gasteiger partial charge >= 0.3 is 51.4 Å². The molecule has 2 heteroatoms. The number of hydrogen-bond donors (Lipinski definition) is 0. The van der Waals surface area contributed by atoms with Gasteiger partial charge in [-0.2, -0.15) is 0 Å². The molecule has 0 fully saturated rings. The zero-order valence-corrected chi connectivity index (χ0v) is 12.6. The van der Waals surface area contributed by atoms with E-state index in [1.165, 1.54) is 11.1 Å². The van der Waals surface area contributed by atoms with Gasteiger partial charge in [-0.1, -0.05) is 54.6 Å². The van der Waals surface area contributed by atoms with Crippen molar-refractivity contribution in [1.82, 2.24) is 0 Å². The molecule has 2 aromatic carbocycles. The predicted octanol–water partition coefficient (Wildman–Crippen LogP) is -0.740. The van der Waals surface area contributed by atoms with Crippen molar-refractivity contribution in [3.8, 4) is 11.1 Å². The van der Waals surface area contributed by atoms with Gasteiger partial charge in [0, 0.05) is 0 Å². The number of hydrogen-bond acceptors (Lipinski definition) is 1. The second-order valence-corrected chi connectivity index (χ2v) is 3.48. The van der Waals surface area contributed by atoms with E-state index in [0.29, 0.717) is 6.42 Å². The van der Waals surface area contributed by atoms with E-state index >= 15 is 0 Å². The normalized spacial score (nSPS) is 9.56. The van der Waals surface area contributed by atoms with Gasteiger partial charge in [-0.05, 0) is 23.1 Å². The fourth-order valence-electron chi connectivity index (χ4n) is 1.75. The van der Waals surface area contributed by atoms with Gasteiger partial charge in [-0.3, -0.25) is 0 Å². The third-order valence-electron chi connectivity index (χ3n) is 2.47. The van der Waals surface area contributed by atoms with Crippen LogP contribution in [0.1, 0.15) is 5.56 Å². The SMILES string of the molecule is [K+].[O-]CCc1ccccc1-c1ccccc1. The monoisotopic (exact) mass is 236 g/mol. The van der Waals surface area contributed by atoms with Crippen molar-refractivity contribution in [3.63, 3.8) is 0 Å². The van der Waals surface area contributed by atoms with Crippen LogP contribution in [-0.4, -0.2) is 6.61 Å². The van der Waals surface area contributed by atoms with Crippen molar-refractivity contribution in [1.29, 1.82) is 0 Å². The van der Waals surface area contributed by atoms with Gasteiger partial charge in [0.15, 0.2) is 0 Å². The zero-order valence-electron chi connectivity index (χ0n) is 9.52. The van der Waals surface area contributed by atoms with Gasteiger partial charge in [0.2, 0.25) is 0 Å². The summed E-state index contributed by atoms with van der Waals surface area (Å²) in [7, 11) is 0. The van der Waals surface area contributed by atoms with Gasteiger partial charge in [-0.15, -0.1) is 6.61 Å². The van der Waals surface area contributed by atoms with E-state index in [1.807, 2.05) is 36.4 Å². The first-order chi connectivity index (χ1) is 7.42. The minimum atomic E-state index is -0.0517. The van der Waals surface area contributed by atoms with Crippen molar-refractivity contribution in [2.75, 3.05) is 6.61 Å². The van der Waals surface area contributed by atoms with Crippen LogP contribution in [0.5, 0.6) is 0 Å². The van der Waals surface area contributed by atoms with Crippen LogP contribution >= 0.6 is 0 Å². The molecule has 76 valence electrons. The maximum absolute atomic E-state index is 10.7. The molecular formula is C14H13KO. The molecule has 0 aliphatic heterocycles. The molecule has 0 unspecified atom stereocenters. The fraction of sp³-hybridized carbons (Fsp3) is 0.143. The average Bonchev–Trinajstić information content (AvgIpc) is 2.31. The Morgan fingerprint density at radius 3 is 2.12 bits per heavy atom. The topological polar surface area (TPSA) is 23.1 Å². The molecule has 0 amide bonds. The Morgan fingerprint density at radius 1 is 0.812 bits per heavy atom. The van der Waals surface area contributed by atoms with E-state index < -0.39 is 0 Å². The summed E-state index contributed by atoms with van der Waals surface area (Å²) < 4.78 is 0. The van der Waals surface area contributed by atoms with Crippen LogP contribution in [0.4, 0.5) is 0 Å². The Bertz CT molecular complexity index is 426. The van der Waals surface area contributed by atoms with Crippen molar-refractivity contribution in [3.05, 3.63) is 60.2 Å². The summed E-state index contributed by atoms with van der Waals surface area (Å²) in [6.07, 6.45) is 0.602. The smallest absolute Gasteiger partial charge is 0.854 e. The molecule has 0 N–H and O–H groups in total. The Labute approximate surface area is 139 Å². The second kappa shape index (κ2) is 7.38. The first-order valence-electron chi connectivity index (χ1n) is 5.13. The van der Waals surface area contributed by atoms with E-state index in [2.05, 4.69) is 18.2 Å². The maximum atomic E-state index is 10.7. The summed E-state index contributed by atoms with van der Waals surface area (Å²) in [5.41, 5.74) is 3.49. The molecule has 0 aromatic heterocycles. The van der Waals surface area contributed by atoms with Gasteiger partial charge in [0.1, 0.15) is 0 Å². The maximum Gasteiger partial charge on any atom is 1.00 e. The Morgan fingerprint density at radius 2 is 1.44 bits per heavy atom. The minimum Gasteiger partial charge on any atom is -0.854 e.